The first-order chi connectivity index (χ1) is 11.1. The van der Waals surface area contributed by atoms with Crippen molar-refractivity contribution in [3.63, 3.8) is 0 Å². The Labute approximate surface area is 148 Å². The molecule has 0 radical (unpaired) electrons. The fraction of sp³-hybridized carbons (Fsp3) is 0.588. The van der Waals surface area contributed by atoms with E-state index in [4.69, 9.17) is 19.9 Å². The van der Waals surface area contributed by atoms with E-state index in [1.54, 1.807) is 11.9 Å². The second-order valence-corrected chi connectivity index (χ2v) is 6.28. The molecule has 2 aliphatic rings. The Morgan fingerprint density at radius 1 is 1.29 bits per heavy atom. The van der Waals surface area contributed by atoms with Gasteiger partial charge in [0.05, 0.1) is 12.0 Å². The Bertz CT molecular complexity index is 563. The molecule has 24 heavy (non-hydrogen) atoms. The zero-order valence-corrected chi connectivity index (χ0v) is 14.7. The molecule has 0 aliphatic carbocycles. The largest absolute Gasteiger partial charge is 0.486 e. The number of fused-ring (bicyclic) bond motifs is 1. The number of hydrogen-bond acceptors (Lipinski definition) is 5. The summed E-state index contributed by atoms with van der Waals surface area (Å²) < 4.78 is 17.0. The second kappa shape index (κ2) is 8.05. The number of benzene rings is 1. The Kier molecular flexibility index (Phi) is 6.32. The number of carbonyl (C=O) groups is 1. The highest BCUT2D eigenvalue weighted by molar-refractivity contribution is 5.85. The number of nitrogens with two attached hydrogens (primary N) is 1. The second-order valence-electron chi connectivity index (χ2n) is 6.28. The smallest absolute Gasteiger partial charge is 0.230 e. The first-order valence-electron chi connectivity index (χ1n) is 8.06. The Hall–Kier alpha value is -1.50. The molecule has 3 rings (SSSR count). The molecule has 1 amide bonds. The number of ether oxygens (including phenoxy) is 3. The fourth-order valence-corrected chi connectivity index (χ4v) is 3.21. The van der Waals surface area contributed by atoms with Gasteiger partial charge in [0.15, 0.2) is 17.6 Å². The van der Waals surface area contributed by atoms with Crippen molar-refractivity contribution < 1.29 is 19.0 Å². The predicted octanol–water partition coefficient (Wildman–Crippen LogP) is 1.46. The zero-order chi connectivity index (χ0) is 16.3. The van der Waals surface area contributed by atoms with Crippen LogP contribution in [0.4, 0.5) is 0 Å². The molecule has 0 saturated carbocycles. The summed E-state index contributed by atoms with van der Waals surface area (Å²) in [6, 6.07) is 7.58. The number of carbonyl (C=O) groups excluding carboxylic acids is 1. The third-order valence-corrected chi connectivity index (χ3v) is 4.69. The van der Waals surface area contributed by atoms with E-state index in [-0.39, 0.29) is 24.4 Å². The molecule has 7 heteroatoms. The Morgan fingerprint density at radius 3 is 2.62 bits per heavy atom. The predicted molar refractivity (Wildman–Crippen MR) is 92.8 cm³/mol. The van der Waals surface area contributed by atoms with E-state index < -0.39 is 5.41 Å². The molecule has 0 aromatic heterocycles. The third-order valence-electron chi connectivity index (χ3n) is 4.69. The van der Waals surface area contributed by atoms with Gasteiger partial charge in [-0.25, -0.2) is 0 Å². The van der Waals surface area contributed by atoms with Crippen LogP contribution >= 0.6 is 12.4 Å². The summed E-state index contributed by atoms with van der Waals surface area (Å²) in [5.74, 6) is 1.55. The lowest BCUT2D eigenvalue weighted by atomic mass is 9.79. The van der Waals surface area contributed by atoms with Crippen LogP contribution in [-0.4, -0.2) is 56.9 Å². The van der Waals surface area contributed by atoms with Gasteiger partial charge in [-0.05, 0) is 25.0 Å². The van der Waals surface area contributed by atoms with E-state index in [0.717, 1.165) is 11.5 Å². The lowest BCUT2D eigenvalue weighted by Gasteiger charge is -2.39. The number of nitrogens with zero attached hydrogens (tertiary/aromatic N) is 1. The lowest BCUT2D eigenvalue weighted by molar-refractivity contribution is -0.147. The molecule has 2 heterocycles. The van der Waals surface area contributed by atoms with Crippen molar-refractivity contribution in [3.8, 4) is 11.5 Å². The van der Waals surface area contributed by atoms with Crippen molar-refractivity contribution in [1.82, 2.24) is 4.90 Å². The van der Waals surface area contributed by atoms with Crippen molar-refractivity contribution in [2.45, 2.75) is 18.9 Å². The van der Waals surface area contributed by atoms with Gasteiger partial charge in [-0.1, -0.05) is 12.1 Å². The SMILES string of the molecule is CN(CC1COc2ccccc2O1)C(=O)C1(CN)CCOCC1.Cl. The van der Waals surface area contributed by atoms with Gasteiger partial charge in [0.25, 0.3) is 0 Å². The molecule has 2 aliphatic heterocycles. The minimum absolute atomic E-state index is 0. The maximum Gasteiger partial charge on any atom is 0.230 e. The van der Waals surface area contributed by atoms with Gasteiger partial charge in [0.2, 0.25) is 5.91 Å². The summed E-state index contributed by atoms with van der Waals surface area (Å²) in [6.07, 6.45) is 1.18. The normalized spacial score (nSPS) is 21.5. The Morgan fingerprint density at radius 2 is 1.96 bits per heavy atom. The summed E-state index contributed by atoms with van der Waals surface area (Å²) in [6.45, 7) is 2.45. The highest BCUT2D eigenvalue weighted by Gasteiger charge is 2.41. The molecule has 1 atom stereocenters. The topological polar surface area (TPSA) is 74.0 Å². The number of halogens is 1. The van der Waals surface area contributed by atoms with E-state index in [1.807, 2.05) is 24.3 Å². The van der Waals surface area contributed by atoms with E-state index in [0.29, 0.717) is 45.8 Å². The minimum atomic E-state index is -0.500. The van der Waals surface area contributed by atoms with Crippen LogP contribution in [0.1, 0.15) is 12.8 Å². The summed E-state index contributed by atoms with van der Waals surface area (Å²) in [5, 5.41) is 0. The molecule has 0 bridgehead atoms. The number of rotatable bonds is 4. The quantitative estimate of drug-likeness (QED) is 0.884. The molecule has 1 aromatic rings. The van der Waals surface area contributed by atoms with Crippen LogP contribution in [0, 0.1) is 5.41 Å². The maximum atomic E-state index is 12.9. The minimum Gasteiger partial charge on any atom is -0.486 e. The van der Waals surface area contributed by atoms with E-state index in [2.05, 4.69) is 0 Å². The van der Waals surface area contributed by atoms with Crippen molar-refractivity contribution >= 4 is 18.3 Å². The molecule has 6 nitrogen and oxygen atoms in total. The van der Waals surface area contributed by atoms with Crippen molar-refractivity contribution in [1.29, 1.82) is 0 Å². The standard InChI is InChI=1S/C17H24N2O4.ClH/c1-19(16(20)17(12-18)6-8-21-9-7-17)10-13-11-22-14-4-2-3-5-15(14)23-13;/h2-5,13H,6-12,18H2,1H3;1H. The monoisotopic (exact) mass is 356 g/mol. The number of likely N-dealkylation sites (N-methyl/N-ethyl adjacent to an activating group) is 1. The van der Waals surface area contributed by atoms with E-state index in [9.17, 15) is 4.79 Å². The van der Waals surface area contributed by atoms with Crippen LogP contribution in [-0.2, 0) is 9.53 Å². The number of amides is 1. The van der Waals surface area contributed by atoms with Crippen molar-refractivity contribution in [3.05, 3.63) is 24.3 Å². The van der Waals surface area contributed by atoms with Gasteiger partial charge in [-0.15, -0.1) is 12.4 Å². The van der Waals surface area contributed by atoms with Crippen molar-refractivity contribution in [2.24, 2.45) is 11.1 Å². The van der Waals surface area contributed by atoms with Gasteiger partial charge in [0.1, 0.15) is 6.61 Å². The highest BCUT2D eigenvalue weighted by atomic mass is 35.5. The number of para-hydroxylation sites is 2. The molecular formula is C17H25ClN2O4. The van der Waals surface area contributed by atoms with Crippen molar-refractivity contribution in [2.75, 3.05) is 40.0 Å². The zero-order valence-electron chi connectivity index (χ0n) is 13.9. The van der Waals surface area contributed by atoms with Gasteiger partial charge in [-0.2, -0.15) is 0 Å². The van der Waals surface area contributed by atoms with Crippen LogP contribution in [0.25, 0.3) is 0 Å². The maximum absolute atomic E-state index is 12.9. The highest BCUT2D eigenvalue weighted by Crippen LogP contribution is 2.33. The molecule has 1 unspecified atom stereocenters. The van der Waals surface area contributed by atoms with Gasteiger partial charge >= 0.3 is 0 Å². The van der Waals surface area contributed by atoms with Crippen LogP contribution in [0.5, 0.6) is 11.5 Å². The average molecular weight is 357 g/mol. The van der Waals surface area contributed by atoms with Gasteiger partial charge in [-0.3, -0.25) is 4.79 Å². The number of hydrogen-bond donors (Lipinski definition) is 1. The van der Waals surface area contributed by atoms with Gasteiger partial charge in [0, 0.05) is 26.8 Å². The first kappa shape index (κ1) is 18.8. The molecule has 1 fully saturated rings. The summed E-state index contributed by atoms with van der Waals surface area (Å²) in [7, 11) is 1.80. The molecule has 1 aromatic carbocycles. The van der Waals surface area contributed by atoms with Crippen LogP contribution in [0.3, 0.4) is 0 Å². The molecule has 2 N–H and O–H groups in total. The van der Waals surface area contributed by atoms with Crippen LogP contribution in [0.15, 0.2) is 24.3 Å². The Balaban J connectivity index is 0.00000208. The first-order valence-corrected chi connectivity index (χ1v) is 8.06. The fourth-order valence-electron chi connectivity index (χ4n) is 3.21. The summed E-state index contributed by atoms with van der Waals surface area (Å²) >= 11 is 0. The summed E-state index contributed by atoms with van der Waals surface area (Å²) in [5.41, 5.74) is 5.41. The third kappa shape index (κ3) is 3.77. The van der Waals surface area contributed by atoms with Crippen LogP contribution < -0.4 is 15.2 Å². The van der Waals surface area contributed by atoms with E-state index >= 15 is 0 Å². The summed E-state index contributed by atoms with van der Waals surface area (Å²) in [4.78, 5) is 14.6. The molecule has 134 valence electrons. The lowest BCUT2D eigenvalue weighted by Crippen LogP contribution is -2.52. The van der Waals surface area contributed by atoms with Gasteiger partial charge < -0.3 is 24.8 Å². The molecule has 0 spiro atoms. The average Bonchev–Trinajstić information content (AvgIpc) is 2.61. The molecular weight excluding hydrogens is 332 g/mol. The molecule has 1 saturated heterocycles. The van der Waals surface area contributed by atoms with Crippen LogP contribution in [0.2, 0.25) is 0 Å². The van der Waals surface area contributed by atoms with E-state index in [1.165, 1.54) is 0 Å².